The Morgan fingerprint density at radius 2 is 2.20 bits per heavy atom. The van der Waals surface area contributed by atoms with Crippen LogP contribution in [0.1, 0.15) is 29.6 Å². The lowest BCUT2D eigenvalue weighted by Gasteiger charge is -2.27. The van der Waals surface area contributed by atoms with Gasteiger partial charge in [-0.2, -0.15) is 0 Å². The summed E-state index contributed by atoms with van der Waals surface area (Å²) in [7, 11) is 0. The summed E-state index contributed by atoms with van der Waals surface area (Å²) >= 11 is 5.89. The fraction of sp³-hybridized carbons (Fsp3) is 0.462. The van der Waals surface area contributed by atoms with E-state index in [1.165, 1.54) is 12.1 Å². The van der Waals surface area contributed by atoms with Crippen LogP contribution < -0.4 is 5.73 Å². The van der Waals surface area contributed by atoms with Crippen molar-refractivity contribution in [2.45, 2.75) is 25.3 Å². The molecule has 2 fully saturated rings. The maximum Gasteiger partial charge on any atom is 0.294 e. The molecule has 2 aliphatic rings. The van der Waals surface area contributed by atoms with E-state index in [1.807, 2.05) is 0 Å². The van der Waals surface area contributed by atoms with Crippen molar-refractivity contribution >= 4 is 28.9 Å². The number of fused-ring (bicyclic) bond motifs is 2. The summed E-state index contributed by atoms with van der Waals surface area (Å²) in [6.45, 7) is 0.735. The zero-order valence-electron chi connectivity index (χ0n) is 10.7. The van der Waals surface area contributed by atoms with E-state index in [0.717, 1.165) is 25.8 Å². The van der Waals surface area contributed by atoms with Crippen LogP contribution in [0.15, 0.2) is 12.1 Å². The van der Waals surface area contributed by atoms with Gasteiger partial charge in [-0.25, -0.2) is 0 Å². The normalized spacial score (nSPS) is 24.1. The number of nitrogens with zero attached hydrogens (tertiary/aromatic N) is 2. The molecular formula is C13H14ClN3O3. The third-order valence-corrected chi connectivity index (χ3v) is 4.53. The molecule has 106 valence electrons. The van der Waals surface area contributed by atoms with Crippen LogP contribution in [0.25, 0.3) is 0 Å². The summed E-state index contributed by atoms with van der Waals surface area (Å²) in [6.07, 6.45) is 3.22. The first-order valence-electron chi connectivity index (χ1n) is 6.51. The van der Waals surface area contributed by atoms with E-state index in [0.29, 0.717) is 5.92 Å². The topological polar surface area (TPSA) is 89.5 Å². The van der Waals surface area contributed by atoms with Crippen molar-refractivity contribution in [3.05, 3.63) is 32.8 Å². The van der Waals surface area contributed by atoms with Gasteiger partial charge >= 0.3 is 0 Å². The van der Waals surface area contributed by atoms with Crippen LogP contribution in [-0.2, 0) is 0 Å². The Hall–Kier alpha value is -1.82. The molecule has 1 aliphatic carbocycles. The minimum absolute atomic E-state index is 0.0481. The standard InChI is InChI=1S/C13H14ClN3O3/c14-10-4-8(5-11(12(10)15)17(19)20)13(18)16-6-7-1-2-9(16)3-7/h4-5,7,9H,1-3,6,15H2. The van der Waals surface area contributed by atoms with Gasteiger partial charge in [-0.1, -0.05) is 11.6 Å². The number of halogens is 1. The van der Waals surface area contributed by atoms with E-state index < -0.39 is 4.92 Å². The Kier molecular flexibility index (Phi) is 3.05. The van der Waals surface area contributed by atoms with E-state index in [-0.39, 0.29) is 33.9 Å². The van der Waals surface area contributed by atoms with Crippen LogP contribution in [-0.4, -0.2) is 28.3 Å². The number of carbonyl (C=O) groups is 1. The number of hydrogen-bond donors (Lipinski definition) is 1. The van der Waals surface area contributed by atoms with Crippen LogP contribution in [0.5, 0.6) is 0 Å². The van der Waals surface area contributed by atoms with Gasteiger partial charge in [0.15, 0.2) is 0 Å². The van der Waals surface area contributed by atoms with E-state index in [1.54, 1.807) is 4.90 Å². The van der Waals surface area contributed by atoms with E-state index in [2.05, 4.69) is 0 Å². The van der Waals surface area contributed by atoms with Crippen molar-refractivity contribution < 1.29 is 9.72 Å². The minimum atomic E-state index is -0.617. The molecule has 1 saturated carbocycles. The molecule has 1 amide bonds. The Bertz CT molecular complexity index is 605. The molecule has 7 heteroatoms. The first-order chi connectivity index (χ1) is 9.47. The van der Waals surface area contributed by atoms with Crippen molar-refractivity contribution in [1.29, 1.82) is 0 Å². The molecule has 2 atom stereocenters. The molecule has 3 rings (SSSR count). The van der Waals surface area contributed by atoms with Gasteiger partial charge in [0.2, 0.25) is 0 Å². The second kappa shape index (κ2) is 4.63. The summed E-state index contributed by atoms with van der Waals surface area (Å²) in [6, 6.07) is 2.90. The lowest BCUT2D eigenvalue weighted by Crippen LogP contribution is -2.37. The fourth-order valence-corrected chi connectivity index (χ4v) is 3.43. The van der Waals surface area contributed by atoms with Crippen LogP contribution in [0.3, 0.4) is 0 Å². The predicted molar refractivity (Wildman–Crippen MR) is 74.7 cm³/mol. The molecule has 0 spiro atoms. The number of nitro benzene ring substituents is 1. The molecule has 1 aliphatic heterocycles. The van der Waals surface area contributed by atoms with Crippen LogP contribution >= 0.6 is 11.6 Å². The fourth-order valence-electron chi connectivity index (χ4n) is 3.22. The van der Waals surface area contributed by atoms with Crippen LogP contribution in [0.4, 0.5) is 11.4 Å². The molecule has 6 nitrogen and oxygen atoms in total. The van der Waals surface area contributed by atoms with Gasteiger partial charge in [0.05, 0.1) is 9.95 Å². The molecule has 1 saturated heterocycles. The third kappa shape index (κ3) is 2.00. The number of anilines is 1. The summed E-state index contributed by atoms with van der Waals surface area (Å²) in [5, 5.41) is 11.0. The smallest absolute Gasteiger partial charge is 0.294 e. The molecule has 1 aromatic carbocycles. The highest BCUT2D eigenvalue weighted by atomic mass is 35.5. The van der Waals surface area contributed by atoms with Crippen molar-refractivity contribution in [2.75, 3.05) is 12.3 Å². The average Bonchev–Trinajstić information content (AvgIpc) is 3.02. The molecule has 2 bridgehead atoms. The second-order valence-corrected chi connectivity index (χ2v) is 5.85. The zero-order chi connectivity index (χ0) is 14.4. The van der Waals surface area contributed by atoms with Crippen LogP contribution in [0.2, 0.25) is 5.02 Å². The summed E-state index contributed by atoms with van der Waals surface area (Å²) in [4.78, 5) is 24.6. The predicted octanol–water partition coefficient (Wildman–Crippen LogP) is 2.45. The van der Waals surface area contributed by atoms with Gasteiger partial charge < -0.3 is 10.6 Å². The number of benzene rings is 1. The zero-order valence-corrected chi connectivity index (χ0v) is 11.5. The van der Waals surface area contributed by atoms with Gasteiger partial charge in [-0.15, -0.1) is 0 Å². The van der Waals surface area contributed by atoms with Gasteiger partial charge in [-0.3, -0.25) is 14.9 Å². The average molecular weight is 296 g/mol. The number of hydrogen-bond acceptors (Lipinski definition) is 4. The number of likely N-dealkylation sites (tertiary alicyclic amines) is 1. The largest absolute Gasteiger partial charge is 0.392 e. The number of amides is 1. The highest BCUT2D eigenvalue weighted by Crippen LogP contribution is 2.39. The van der Waals surface area contributed by atoms with Crippen LogP contribution in [0, 0.1) is 16.0 Å². The Morgan fingerprint density at radius 3 is 2.75 bits per heavy atom. The molecule has 0 aromatic heterocycles. The molecule has 1 aromatic rings. The van der Waals surface area contributed by atoms with Gasteiger partial charge in [0.1, 0.15) is 5.69 Å². The van der Waals surface area contributed by atoms with Crippen molar-refractivity contribution in [3.8, 4) is 0 Å². The molecule has 2 unspecified atom stereocenters. The lowest BCUT2D eigenvalue weighted by atomic mass is 10.1. The number of nitro groups is 1. The van der Waals surface area contributed by atoms with Gasteiger partial charge in [-0.05, 0) is 31.2 Å². The molecule has 20 heavy (non-hydrogen) atoms. The molecular weight excluding hydrogens is 282 g/mol. The quantitative estimate of drug-likeness (QED) is 0.515. The number of nitrogen functional groups attached to an aromatic ring is 1. The second-order valence-electron chi connectivity index (χ2n) is 5.44. The lowest BCUT2D eigenvalue weighted by molar-refractivity contribution is -0.383. The maximum absolute atomic E-state index is 12.5. The number of rotatable bonds is 2. The Labute approximate surface area is 120 Å². The first kappa shape index (κ1) is 13.2. The third-order valence-electron chi connectivity index (χ3n) is 4.22. The van der Waals surface area contributed by atoms with E-state index in [4.69, 9.17) is 17.3 Å². The Morgan fingerprint density at radius 1 is 1.45 bits per heavy atom. The monoisotopic (exact) mass is 295 g/mol. The van der Waals surface area contributed by atoms with E-state index >= 15 is 0 Å². The number of carbonyl (C=O) groups excluding carboxylic acids is 1. The first-order valence-corrected chi connectivity index (χ1v) is 6.89. The Balaban J connectivity index is 1.94. The summed E-state index contributed by atoms with van der Waals surface area (Å²) < 4.78 is 0. The molecule has 1 heterocycles. The highest BCUT2D eigenvalue weighted by Gasteiger charge is 2.40. The van der Waals surface area contributed by atoms with E-state index in [9.17, 15) is 14.9 Å². The molecule has 0 radical (unpaired) electrons. The summed E-state index contributed by atoms with van der Waals surface area (Å²) in [5.74, 6) is 0.380. The minimum Gasteiger partial charge on any atom is -0.392 e. The highest BCUT2D eigenvalue weighted by molar-refractivity contribution is 6.34. The number of piperidine rings is 1. The summed E-state index contributed by atoms with van der Waals surface area (Å²) in [5.41, 5.74) is 5.39. The SMILES string of the molecule is Nc1c(Cl)cc(C(=O)N2CC3CCC2C3)cc1[N+](=O)[O-]. The van der Waals surface area contributed by atoms with Crippen molar-refractivity contribution in [1.82, 2.24) is 4.90 Å². The van der Waals surface area contributed by atoms with Gasteiger partial charge in [0.25, 0.3) is 11.6 Å². The van der Waals surface area contributed by atoms with Crippen molar-refractivity contribution in [3.63, 3.8) is 0 Å². The maximum atomic E-state index is 12.5. The number of nitrogens with two attached hydrogens (primary N) is 1. The van der Waals surface area contributed by atoms with Crippen molar-refractivity contribution in [2.24, 2.45) is 5.92 Å². The molecule has 2 N–H and O–H groups in total. The van der Waals surface area contributed by atoms with Gasteiger partial charge in [0, 0.05) is 24.2 Å².